The van der Waals surface area contributed by atoms with Crippen molar-refractivity contribution in [2.75, 3.05) is 0 Å². The summed E-state index contributed by atoms with van der Waals surface area (Å²) in [6.07, 6.45) is 3.48. The minimum atomic E-state index is -0.118. The topological polar surface area (TPSA) is 34.1 Å². The molecule has 0 saturated carbocycles. The highest BCUT2D eigenvalue weighted by atomic mass is 16.1. The maximum Gasteiger partial charge on any atom is 0.170 e. The van der Waals surface area contributed by atoms with Gasteiger partial charge in [-0.1, -0.05) is 66.7 Å². The van der Waals surface area contributed by atoms with Crippen LogP contribution in [0.3, 0.4) is 0 Å². The molecule has 0 saturated heterocycles. The van der Waals surface area contributed by atoms with Crippen LogP contribution in [0.15, 0.2) is 72.8 Å². The summed E-state index contributed by atoms with van der Waals surface area (Å²) in [4.78, 5) is 25.4. The Morgan fingerprint density at radius 3 is 1.93 bits per heavy atom. The molecule has 4 aliphatic rings. The zero-order valence-corrected chi connectivity index (χ0v) is 15.3. The summed E-state index contributed by atoms with van der Waals surface area (Å²) in [6, 6.07) is 24.0. The predicted octanol–water partition coefficient (Wildman–Crippen LogP) is 5.03. The van der Waals surface area contributed by atoms with Gasteiger partial charge in [0.25, 0.3) is 0 Å². The lowest BCUT2D eigenvalue weighted by atomic mass is 9.90. The Balaban J connectivity index is 1.61. The van der Waals surface area contributed by atoms with Gasteiger partial charge in [-0.15, -0.1) is 0 Å². The number of carbonyl (C=O) groups excluding carboxylic acids is 2. The standard InChI is InChI=1S/C25H22O2/c26-24(22-4-2-1-3-5-22)17-25(27)23-16-20-11-10-18-6-8-19(9-7-18)12-14-21(23)15-13-20/h1-9,13,15-16H,10-12,14,17H2. The molecular weight excluding hydrogens is 332 g/mol. The normalized spacial score (nSPS) is 13.0. The molecule has 0 spiro atoms. The molecule has 2 nitrogen and oxygen atoms in total. The molecule has 7 rings (SSSR count). The van der Waals surface area contributed by atoms with Crippen molar-refractivity contribution < 1.29 is 9.59 Å². The first-order chi connectivity index (χ1) is 13.2. The van der Waals surface area contributed by atoms with Gasteiger partial charge in [0.1, 0.15) is 0 Å². The summed E-state index contributed by atoms with van der Waals surface area (Å²) in [6.45, 7) is 0. The summed E-state index contributed by atoms with van der Waals surface area (Å²) in [5.74, 6) is -0.195. The number of rotatable bonds is 4. The number of hydrogen-bond donors (Lipinski definition) is 0. The Morgan fingerprint density at radius 1 is 0.630 bits per heavy atom. The van der Waals surface area contributed by atoms with Crippen LogP contribution in [0.4, 0.5) is 0 Å². The molecule has 134 valence electrons. The SMILES string of the molecule is O=C(CC(=O)c1cc2ccc1CCc1ccc(cc1)CC2)c1ccccc1. The average Bonchev–Trinajstić information content (AvgIpc) is 2.70. The van der Waals surface area contributed by atoms with E-state index in [2.05, 4.69) is 36.4 Å². The molecule has 0 amide bonds. The Labute approximate surface area is 159 Å². The minimum Gasteiger partial charge on any atom is -0.294 e. The molecule has 0 unspecified atom stereocenters. The van der Waals surface area contributed by atoms with Gasteiger partial charge in [-0.2, -0.15) is 0 Å². The first kappa shape index (κ1) is 17.4. The minimum absolute atomic E-state index is 0.0752. The lowest BCUT2D eigenvalue weighted by Crippen LogP contribution is -2.12. The van der Waals surface area contributed by atoms with Crippen molar-refractivity contribution >= 4 is 11.6 Å². The van der Waals surface area contributed by atoms with Crippen LogP contribution in [0.1, 0.15) is 49.4 Å². The van der Waals surface area contributed by atoms with Crippen molar-refractivity contribution in [3.05, 3.63) is 106 Å². The second-order valence-corrected chi connectivity index (χ2v) is 7.20. The first-order valence-corrected chi connectivity index (χ1v) is 9.50. The van der Waals surface area contributed by atoms with Gasteiger partial charge in [-0.05, 0) is 54.0 Å². The summed E-state index contributed by atoms with van der Waals surface area (Å²) in [7, 11) is 0. The third kappa shape index (κ3) is 4.06. The number of hydrogen-bond acceptors (Lipinski definition) is 2. The zero-order valence-electron chi connectivity index (χ0n) is 15.3. The highest BCUT2D eigenvalue weighted by Gasteiger charge is 2.18. The van der Waals surface area contributed by atoms with Crippen LogP contribution >= 0.6 is 0 Å². The van der Waals surface area contributed by atoms with Gasteiger partial charge in [0, 0.05) is 11.1 Å². The van der Waals surface area contributed by atoms with E-state index in [1.165, 1.54) is 11.1 Å². The molecule has 3 aromatic rings. The monoisotopic (exact) mass is 354 g/mol. The molecule has 4 aliphatic carbocycles. The molecule has 0 fully saturated rings. The van der Waals surface area contributed by atoms with Crippen molar-refractivity contribution in [2.45, 2.75) is 32.1 Å². The fourth-order valence-corrected chi connectivity index (χ4v) is 3.66. The fraction of sp³-hybridized carbons (Fsp3) is 0.200. The average molecular weight is 354 g/mol. The van der Waals surface area contributed by atoms with Crippen LogP contribution in [-0.4, -0.2) is 11.6 Å². The molecule has 3 aromatic carbocycles. The Hall–Kier alpha value is -3.00. The number of carbonyl (C=O) groups is 2. The Morgan fingerprint density at radius 2 is 1.22 bits per heavy atom. The van der Waals surface area contributed by atoms with E-state index in [9.17, 15) is 9.59 Å². The first-order valence-electron chi connectivity index (χ1n) is 9.50. The van der Waals surface area contributed by atoms with Gasteiger partial charge < -0.3 is 0 Å². The third-order valence-corrected chi connectivity index (χ3v) is 5.30. The van der Waals surface area contributed by atoms with Gasteiger partial charge in [0.15, 0.2) is 11.6 Å². The van der Waals surface area contributed by atoms with E-state index in [-0.39, 0.29) is 18.0 Å². The maximum atomic E-state index is 13.0. The number of benzene rings is 3. The predicted molar refractivity (Wildman–Crippen MR) is 107 cm³/mol. The summed E-state index contributed by atoms with van der Waals surface area (Å²) >= 11 is 0. The van der Waals surface area contributed by atoms with E-state index in [1.807, 2.05) is 24.3 Å². The maximum absolute atomic E-state index is 13.0. The second kappa shape index (κ2) is 7.71. The van der Waals surface area contributed by atoms with Crippen LogP contribution in [0.2, 0.25) is 0 Å². The molecule has 0 radical (unpaired) electrons. The molecule has 0 N–H and O–H groups in total. The molecule has 2 heteroatoms. The van der Waals surface area contributed by atoms with Crippen molar-refractivity contribution in [3.8, 4) is 0 Å². The number of Topliss-reactive ketones (excluding diaryl/α,β-unsaturated/α-hetero) is 2. The van der Waals surface area contributed by atoms with Crippen molar-refractivity contribution in [2.24, 2.45) is 0 Å². The van der Waals surface area contributed by atoms with Gasteiger partial charge in [0.05, 0.1) is 6.42 Å². The van der Waals surface area contributed by atoms with E-state index >= 15 is 0 Å². The van der Waals surface area contributed by atoms with E-state index in [1.54, 1.807) is 12.1 Å². The molecule has 4 bridgehead atoms. The molecule has 0 atom stereocenters. The molecule has 0 heterocycles. The van der Waals surface area contributed by atoms with E-state index in [0.29, 0.717) is 11.1 Å². The van der Waals surface area contributed by atoms with Gasteiger partial charge in [-0.3, -0.25) is 9.59 Å². The van der Waals surface area contributed by atoms with Crippen LogP contribution < -0.4 is 0 Å². The highest BCUT2D eigenvalue weighted by molar-refractivity contribution is 6.14. The lowest BCUT2D eigenvalue weighted by molar-refractivity contribution is 0.0893. The zero-order chi connectivity index (χ0) is 18.6. The van der Waals surface area contributed by atoms with E-state index in [0.717, 1.165) is 36.8 Å². The summed E-state index contributed by atoms with van der Waals surface area (Å²) < 4.78 is 0. The van der Waals surface area contributed by atoms with Crippen LogP contribution in [0.5, 0.6) is 0 Å². The van der Waals surface area contributed by atoms with Gasteiger partial charge in [-0.25, -0.2) is 0 Å². The molecule has 27 heavy (non-hydrogen) atoms. The molecular formula is C25H22O2. The quantitative estimate of drug-likeness (QED) is 0.487. The van der Waals surface area contributed by atoms with Crippen LogP contribution in [0, 0.1) is 0 Å². The smallest absolute Gasteiger partial charge is 0.170 e. The van der Waals surface area contributed by atoms with E-state index < -0.39 is 0 Å². The summed E-state index contributed by atoms with van der Waals surface area (Å²) in [5, 5.41) is 0. The highest BCUT2D eigenvalue weighted by Crippen LogP contribution is 2.21. The van der Waals surface area contributed by atoms with Crippen molar-refractivity contribution in [1.82, 2.24) is 0 Å². The second-order valence-electron chi connectivity index (χ2n) is 7.20. The Kier molecular flexibility index (Phi) is 4.97. The Bertz CT molecular complexity index is 969. The van der Waals surface area contributed by atoms with Crippen LogP contribution in [-0.2, 0) is 25.7 Å². The number of ketones is 2. The van der Waals surface area contributed by atoms with Gasteiger partial charge in [0.2, 0.25) is 0 Å². The lowest BCUT2D eigenvalue weighted by Gasteiger charge is -2.14. The number of aryl methyl sites for hydroxylation is 4. The van der Waals surface area contributed by atoms with Crippen molar-refractivity contribution in [3.63, 3.8) is 0 Å². The molecule has 0 aromatic heterocycles. The fourth-order valence-electron chi connectivity index (χ4n) is 3.66. The third-order valence-electron chi connectivity index (χ3n) is 5.30. The van der Waals surface area contributed by atoms with E-state index in [4.69, 9.17) is 0 Å². The van der Waals surface area contributed by atoms with Gasteiger partial charge >= 0.3 is 0 Å². The summed E-state index contributed by atoms with van der Waals surface area (Å²) in [5.41, 5.74) is 6.09. The largest absolute Gasteiger partial charge is 0.294 e. The molecule has 0 aliphatic heterocycles. The van der Waals surface area contributed by atoms with Crippen LogP contribution in [0.25, 0.3) is 0 Å². The van der Waals surface area contributed by atoms with Crippen molar-refractivity contribution in [1.29, 1.82) is 0 Å².